The average Bonchev–Trinajstić information content (AvgIpc) is 2.74. The maximum Gasteiger partial charge on any atom is 0.250 e. The van der Waals surface area contributed by atoms with Crippen LogP contribution in [0.5, 0.6) is 5.75 Å². The summed E-state index contributed by atoms with van der Waals surface area (Å²) in [5.41, 5.74) is 4.42. The Bertz CT molecular complexity index is 960. The SMILES string of the molecule is O=C(CSc1ccc(Cl)cc1)N/N=C/c1ccc(OCc2ccc(Cl)cc2)cc1. The van der Waals surface area contributed by atoms with Gasteiger partial charge in [0, 0.05) is 14.9 Å². The number of rotatable bonds is 8. The highest BCUT2D eigenvalue weighted by molar-refractivity contribution is 8.00. The highest BCUT2D eigenvalue weighted by Crippen LogP contribution is 2.20. The van der Waals surface area contributed by atoms with Crippen molar-refractivity contribution in [1.29, 1.82) is 0 Å². The van der Waals surface area contributed by atoms with Crippen molar-refractivity contribution in [2.75, 3.05) is 5.75 Å². The molecule has 3 aromatic rings. The van der Waals surface area contributed by atoms with Crippen LogP contribution in [0.4, 0.5) is 0 Å². The number of nitrogens with zero attached hydrogens (tertiary/aromatic N) is 1. The molecule has 1 amide bonds. The Kier molecular flexibility index (Phi) is 7.99. The van der Waals surface area contributed by atoms with E-state index in [-0.39, 0.29) is 11.7 Å². The van der Waals surface area contributed by atoms with Crippen LogP contribution in [-0.4, -0.2) is 17.9 Å². The molecule has 3 rings (SSSR count). The first-order valence-electron chi connectivity index (χ1n) is 8.76. The Balaban J connectivity index is 1.41. The molecule has 0 heterocycles. The van der Waals surface area contributed by atoms with Gasteiger partial charge >= 0.3 is 0 Å². The predicted octanol–water partition coefficient (Wildman–Crippen LogP) is 5.81. The summed E-state index contributed by atoms with van der Waals surface area (Å²) >= 11 is 13.1. The van der Waals surface area contributed by atoms with Gasteiger partial charge in [0.05, 0.1) is 12.0 Å². The Morgan fingerprint density at radius 1 is 0.931 bits per heavy atom. The molecule has 0 aliphatic rings. The molecule has 7 heteroatoms. The molecule has 3 aromatic carbocycles. The predicted molar refractivity (Wildman–Crippen MR) is 120 cm³/mol. The van der Waals surface area contributed by atoms with Crippen molar-refractivity contribution in [2.45, 2.75) is 11.5 Å². The van der Waals surface area contributed by atoms with E-state index in [1.807, 2.05) is 60.7 Å². The minimum atomic E-state index is -0.177. The fraction of sp³-hybridized carbons (Fsp3) is 0.0909. The van der Waals surface area contributed by atoms with Crippen LogP contribution in [0.3, 0.4) is 0 Å². The Morgan fingerprint density at radius 3 is 2.21 bits per heavy atom. The summed E-state index contributed by atoms with van der Waals surface area (Å²) in [4.78, 5) is 12.8. The topological polar surface area (TPSA) is 50.7 Å². The molecule has 0 spiro atoms. The van der Waals surface area contributed by atoms with E-state index in [1.165, 1.54) is 11.8 Å². The van der Waals surface area contributed by atoms with Crippen LogP contribution in [0, 0.1) is 0 Å². The Labute approximate surface area is 183 Å². The summed E-state index contributed by atoms with van der Waals surface area (Å²) in [6, 6.07) is 22.3. The van der Waals surface area contributed by atoms with Crippen molar-refractivity contribution < 1.29 is 9.53 Å². The summed E-state index contributed by atoms with van der Waals surface area (Å²) < 4.78 is 5.74. The van der Waals surface area contributed by atoms with Gasteiger partial charge in [-0.25, -0.2) is 5.43 Å². The lowest BCUT2D eigenvalue weighted by Crippen LogP contribution is -2.19. The van der Waals surface area contributed by atoms with Crippen molar-refractivity contribution in [2.24, 2.45) is 5.10 Å². The number of ether oxygens (including phenoxy) is 1. The number of hydrazone groups is 1. The smallest absolute Gasteiger partial charge is 0.250 e. The molecule has 148 valence electrons. The number of hydrogen-bond acceptors (Lipinski definition) is 4. The number of carbonyl (C=O) groups is 1. The first-order chi connectivity index (χ1) is 14.1. The molecule has 0 aliphatic heterocycles. The van der Waals surface area contributed by atoms with E-state index in [1.54, 1.807) is 18.3 Å². The highest BCUT2D eigenvalue weighted by atomic mass is 35.5. The molecule has 0 fully saturated rings. The van der Waals surface area contributed by atoms with Crippen LogP contribution in [0.25, 0.3) is 0 Å². The number of benzene rings is 3. The van der Waals surface area contributed by atoms with Crippen molar-refractivity contribution in [3.8, 4) is 5.75 Å². The zero-order valence-corrected chi connectivity index (χ0v) is 17.7. The molecular formula is C22H18Cl2N2O2S. The molecule has 0 saturated heterocycles. The van der Waals surface area contributed by atoms with Gasteiger partial charge in [-0.15, -0.1) is 11.8 Å². The maximum atomic E-state index is 11.9. The zero-order valence-electron chi connectivity index (χ0n) is 15.3. The molecule has 0 aliphatic carbocycles. The summed E-state index contributed by atoms with van der Waals surface area (Å²) in [6.07, 6.45) is 1.59. The number of halogens is 2. The van der Waals surface area contributed by atoms with Gasteiger partial charge in [0.2, 0.25) is 5.91 Å². The van der Waals surface area contributed by atoms with Crippen LogP contribution in [0.2, 0.25) is 10.0 Å². The second-order valence-corrected chi connectivity index (χ2v) is 7.94. The van der Waals surface area contributed by atoms with Crippen LogP contribution in [0.1, 0.15) is 11.1 Å². The van der Waals surface area contributed by atoms with E-state index in [9.17, 15) is 4.79 Å². The molecule has 0 atom stereocenters. The maximum absolute atomic E-state index is 11.9. The molecule has 4 nitrogen and oxygen atoms in total. The van der Waals surface area contributed by atoms with Gasteiger partial charge in [-0.3, -0.25) is 4.79 Å². The van der Waals surface area contributed by atoms with Gasteiger partial charge in [-0.1, -0.05) is 35.3 Å². The normalized spacial score (nSPS) is 10.8. The molecular weight excluding hydrogens is 427 g/mol. The zero-order chi connectivity index (χ0) is 20.5. The van der Waals surface area contributed by atoms with E-state index < -0.39 is 0 Å². The van der Waals surface area contributed by atoms with Gasteiger partial charge < -0.3 is 4.74 Å². The van der Waals surface area contributed by atoms with Gasteiger partial charge in [0.15, 0.2) is 0 Å². The second kappa shape index (κ2) is 10.9. The molecule has 1 N–H and O–H groups in total. The first-order valence-corrected chi connectivity index (χ1v) is 10.5. The van der Waals surface area contributed by atoms with Crippen LogP contribution >= 0.6 is 35.0 Å². The van der Waals surface area contributed by atoms with E-state index >= 15 is 0 Å². The van der Waals surface area contributed by atoms with Crippen LogP contribution < -0.4 is 10.2 Å². The molecule has 0 unspecified atom stereocenters. The summed E-state index contributed by atoms with van der Waals surface area (Å²) in [6.45, 7) is 0.464. The van der Waals surface area contributed by atoms with Crippen molar-refractivity contribution in [3.05, 3.63) is 94.0 Å². The average molecular weight is 445 g/mol. The highest BCUT2D eigenvalue weighted by Gasteiger charge is 2.02. The van der Waals surface area contributed by atoms with Crippen molar-refractivity contribution in [3.63, 3.8) is 0 Å². The van der Waals surface area contributed by atoms with Crippen LogP contribution in [0.15, 0.2) is 82.8 Å². The fourth-order valence-corrected chi connectivity index (χ4v) is 3.23. The van der Waals surface area contributed by atoms with Crippen molar-refractivity contribution in [1.82, 2.24) is 5.43 Å². The molecule has 29 heavy (non-hydrogen) atoms. The molecule has 0 bridgehead atoms. The van der Waals surface area contributed by atoms with Gasteiger partial charge in [-0.05, 0) is 71.8 Å². The quantitative estimate of drug-likeness (QED) is 0.270. The monoisotopic (exact) mass is 444 g/mol. The minimum Gasteiger partial charge on any atom is -0.489 e. The largest absolute Gasteiger partial charge is 0.489 e. The van der Waals surface area contributed by atoms with E-state index in [0.717, 1.165) is 21.8 Å². The number of amides is 1. The van der Waals surface area contributed by atoms with Crippen LogP contribution in [-0.2, 0) is 11.4 Å². The number of carbonyl (C=O) groups excluding carboxylic acids is 1. The van der Waals surface area contributed by atoms with E-state index in [2.05, 4.69) is 10.5 Å². The fourth-order valence-electron chi connectivity index (χ4n) is 2.29. The van der Waals surface area contributed by atoms with E-state index in [4.69, 9.17) is 27.9 Å². The third-order valence-electron chi connectivity index (χ3n) is 3.79. The summed E-state index contributed by atoms with van der Waals surface area (Å²) in [7, 11) is 0. The van der Waals surface area contributed by atoms with Gasteiger partial charge in [0.1, 0.15) is 12.4 Å². The Morgan fingerprint density at radius 2 is 1.55 bits per heavy atom. The summed E-state index contributed by atoms with van der Waals surface area (Å²) in [5.74, 6) is 0.848. The standard InChI is InChI=1S/C22H18Cl2N2O2S/c23-18-5-1-17(2-6-18)14-28-20-9-3-16(4-10-20)13-25-26-22(27)15-29-21-11-7-19(24)8-12-21/h1-13H,14-15H2,(H,26,27)/b25-13+. The first kappa shape index (κ1) is 21.2. The number of thioether (sulfide) groups is 1. The third-order valence-corrected chi connectivity index (χ3v) is 5.30. The molecule has 0 aromatic heterocycles. The van der Waals surface area contributed by atoms with Gasteiger partial charge in [-0.2, -0.15) is 5.10 Å². The lowest BCUT2D eigenvalue weighted by atomic mass is 10.2. The molecule has 0 radical (unpaired) electrons. The van der Waals surface area contributed by atoms with Gasteiger partial charge in [0.25, 0.3) is 0 Å². The van der Waals surface area contributed by atoms with Crippen molar-refractivity contribution >= 4 is 47.1 Å². The lowest BCUT2D eigenvalue weighted by Gasteiger charge is -2.06. The Hall–Kier alpha value is -2.47. The minimum absolute atomic E-state index is 0.177. The second-order valence-electron chi connectivity index (χ2n) is 6.02. The third kappa shape index (κ3) is 7.46. The summed E-state index contributed by atoms with van der Waals surface area (Å²) in [5, 5.41) is 5.36. The number of hydrogen-bond donors (Lipinski definition) is 1. The van der Waals surface area contributed by atoms with E-state index in [0.29, 0.717) is 16.7 Å². The molecule has 0 saturated carbocycles. The number of nitrogens with one attached hydrogen (secondary N) is 1. The lowest BCUT2D eigenvalue weighted by molar-refractivity contribution is -0.118.